The van der Waals surface area contributed by atoms with Crippen molar-refractivity contribution in [3.8, 4) is 0 Å². The summed E-state index contributed by atoms with van der Waals surface area (Å²) in [4.78, 5) is 32.8. The monoisotopic (exact) mass is 230 g/mol. The van der Waals surface area contributed by atoms with E-state index in [-0.39, 0.29) is 12.3 Å². The molecular weight excluding hydrogens is 212 g/mol. The van der Waals surface area contributed by atoms with Crippen molar-refractivity contribution in [2.45, 2.75) is 45.7 Å². The van der Waals surface area contributed by atoms with E-state index in [1.165, 1.54) is 13.8 Å². The fourth-order valence-electron chi connectivity index (χ4n) is 1.23. The molecule has 92 valence electrons. The molecule has 2 amide bonds. The number of hydrogen-bond donors (Lipinski definition) is 3. The summed E-state index contributed by atoms with van der Waals surface area (Å²) in [5.74, 6) is -1.70. The van der Waals surface area contributed by atoms with Crippen molar-refractivity contribution in [1.29, 1.82) is 0 Å². The van der Waals surface area contributed by atoms with E-state index in [1.54, 1.807) is 13.8 Å². The molecule has 0 aromatic carbocycles. The maximum atomic E-state index is 11.6. The van der Waals surface area contributed by atoms with Crippen LogP contribution in [0.4, 0.5) is 0 Å². The number of amides is 2. The second-order valence-corrected chi connectivity index (χ2v) is 4.37. The molecule has 0 spiro atoms. The van der Waals surface area contributed by atoms with Gasteiger partial charge in [-0.3, -0.25) is 14.4 Å². The summed E-state index contributed by atoms with van der Waals surface area (Å²) >= 11 is 0. The second-order valence-electron chi connectivity index (χ2n) is 4.37. The number of rotatable bonds is 5. The van der Waals surface area contributed by atoms with E-state index < -0.39 is 23.5 Å². The number of nitrogens with one attached hydrogen (secondary N) is 2. The summed E-state index contributed by atoms with van der Waals surface area (Å²) in [5, 5.41) is 13.6. The molecule has 0 aromatic rings. The minimum absolute atomic E-state index is 0.175. The minimum Gasteiger partial charge on any atom is -0.481 e. The zero-order valence-electron chi connectivity index (χ0n) is 9.96. The highest BCUT2D eigenvalue weighted by Gasteiger charge is 2.26. The Morgan fingerprint density at radius 3 is 2.19 bits per heavy atom. The SMILES string of the molecule is CC(=O)NC(C)C(=O)NC(C)(C)CC(=O)O. The molecule has 0 aromatic heterocycles. The van der Waals surface area contributed by atoms with Gasteiger partial charge in [0.1, 0.15) is 6.04 Å². The molecule has 0 aliphatic rings. The standard InChI is InChI=1S/C10H18N2O4/c1-6(11-7(2)13)9(16)12-10(3,4)5-8(14)15/h6H,5H2,1-4H3,(H,11,13)(H,12,16)(H,14,15). The molecule has 0 saturated heterocycles. The van der Waals surface area contributed by atoms with Crippen LogP contribution in [0.5, 0.6) is 0 Å². The third kappa shape index (κ3) is 6.00. The van der Waals surface area contributed by atoms with Gasteiger partial charge in [-0.25, -0.2) is 0 Å². The van der Waals surface area contributed by atoms with Crippen LogP contribution in [-0.4, -0.2) is 34.5 Å². The average molecular weight is 230 g/mol. The topological polar surface area (TPSA) is 95.5 Å². The molecule has 1 atom stereocenters. The van der Waals surface area contributed by atoms with Crippen molar-refractivity contribution >= 4 is 17.8 Å². The first kappa shape index (κ1) is 14.4. The second kappa shape index (κ2) is 5.48. The highest BCUT2D eigenvalue weighted by molar-refractivity contribution is 5.87. The minimum atomic E-state index is -0.988. The fourth-order valence-corrected chi connectivity index (χ4v) is 1.23. The molecule has 0 aliphatic heterocycles. The molecule has 0 aliphatic carbocycles. The summed E-state index contributed by atoms with van der Waals surface area (Å²) < 4.78 is 0. The van der Waals surface area contributed by atoms with Crippen molar-refractivity contribution in [3.05, 3.63) is 0 Å². The van der Waals surface area contributed by atoms with Gasteiger partial charge in [0.15, 0.2) is 0 Å². The van der Waals surface area contributed by atoms with Crippen LogP contribution in [0.15, 0.2) is 0 Å². The predicted molar refractivity (Wildman–Crippen MR) is 57.8 cm³/mol. The summed E-state index contributed by atoms with van der Waals surface area (Å²) in [6, 6.07) is -0.675. The third-order valence-electron chi connectivity index (χ3n) is 1.87. The number of carbonyl (C=O) groups excluding carboxylic acids is 2. The Bertz CT molecular complexity index is 299. The Balaban J connectivity index is 4.32. The van der Waals surface area contributed by atoms with E-state index in [1.807, 2.05) is 0 Å². The molecule has 0 radical (unpaired) electrons. The Morgan fingerprint density at radius 1 is 1.31 bits per heavy atom. The Labute approximate surface area is 94.4 Å². The summed E-state index contributed by atoms with van der Waals surface area (Å²) in [6.45, 7) is 6.07. The van der Waals surface area contributed by atoms with Crippen molar-refractivity contribution in [1.82, 2.24) is 10.6 Å². The van der Waals surface area contributed by atoms with Gasteiger partial charge >= 0.3 is 5.97 Å². The van der Waals surface area contributed by atoms with Gasteiger partial charge < -0.3 is 15.7 Å². The third-order valence-corrected chi connectivity index (χ3v) is 1.87. The Hall–Kier alpha value is -1.59. The van der Waals surface area contributed by atoms with Crippen LogP contribution in [0.25, 0.3) is 0 Å². The van der Waals surface area contributed by atoms with Crippen LogP contribution in [-0.2, 0) is 14.4 Å². The first-order valence-electron chi connectivity index (χ1n) is 4.95. The number of aliphatic carboxylic acids is 1. The largest absolute Gasteiger partial charge is 0.481 e. The van der Waals surface area contributed by atoms with Crippen molar-refractivity contribution < 1.29 is 19.5 Å². The van der Waals surface area contributed by atoms with Gasteiger partial charge in [-0.2, -0.15) is 0 Å². The van der Waals surface area contributed by atoms with Gasteiger partial charge in [0, 0.05) is 12.5 Å². The first-order chi connectivity index (χ1) is 7.14. The van der Waals surface area contributed by atoms with Gasteiger partial charge in [0.25, 0.3) is 0 Å². The molecule has 0 fully saturated rings. The van der Waals surface area contributed by atoms with Crippen molar-refractivity contribution in [2.24, 2.45) is 0 Å². The van der Waals surface area contributed by atoms with E-state index >= 15 is 0 Å². The Kier molecular flexibility index (Phi) is 4.94. The van der Waals surface area contributed by atoms with Crippen LogP contribution in [0.3, 0.4) is 0 Å². The van der Waals surface area contributed by atoms with Crippen LogP contribution in [0, 0.1) is 0 Å². The summed E-state index contributed by atoms with van der Waals surface area (Å²) in [5.41, 5.74) is -0.838. The zero-order chi connectivity index (χ0) is 12.9. The van der Waals surface area contributed by atoms with Gasteiger partial charge in [-0.15, -0.1) is 0 Å². The maximum absolute atomic E-state index is 11.6. The van der Waals surface area contributed by atoms with Crippen LogP contribution in [0.1, 0.15) is 34.1 Å². The first-order valence-corrected chi connectivity index (χ1v) is 4.95. The quantitative estimate of drug-likeness (QED) is 0.613. The van der Waals surface area contributed by atoms with E-state index in [2.05, 4.69) is 10.6 Å². The van der Waals surface area contributed by atoms with Gasteiger partial charge in [0.05, 0.1) is 6.42 Å². The molecular formula is C10H18N2O4. The van der Waals surface area contributed by atoms with Crippen molar-refractivity contribution in [3.63, 3.8) is 0 Å². The molecule has 0 rings (SSSR count). The normalized spacial score (nSPS) is 12.8. The lowest BCUT2D eigenvalue weighted by Crippen LogP contribution is -2.52. The fraction of sp³-hybridized carbons (Fsp3) is 0.700. The smallest absolute Gasteiger partial charge is 0.305 e. The number of carbonyl (C=O) groups is 3. The Morgan fingerprint density at radius 2 is 1.81 bits per heavy atom. The van der Waals surface area contributed by atoms with E-state index in [0.29, 0.717) is 0 Å². The molecule has 0 saturated carbocycles. The van der Waals surface area contributed by atoms with Gasteiger partial charge in [-0.05, 0) is 20.8 Å². The highest BCUT2D eigenvalue weighted by atomic mass is 16.4. The van der Waals surface area contributed by atoms with E-state index in [0.717, 1.165) is 0 Å². The molecule has 6 heteroatoms. The molecule has 1 unspecified atom stereocenters. The predicted octanol–water partition coefficient (Wildman–Crippen LogP) is -0.119. The van der Waals surface area contributed by atoms with E-state index in [4.69, 9.17) is 5.11 Å². The molecule has 0 heterocycles. The molecule has 6 nitrogen and oxygen atoms in total. The van der Waals surface area contributed by atoms with Crippen LogP contribution in [0.2, 0.25) is 0 Å². The molecule has 3 N–H and O–H groups in total. The highest BCUT2D eigenvalue weighted by Crippen LogP contribution is 2.08. The average Bonchev–Trinajstić information content (AvgIpc) is 1.98. The summed E-state index contributed by atoms with van der Waals surface area (Å²) in [7, 11) is 0. The van der Waals surface area contributed by atoms with Gasteiger partial charge in [0.2, 0.25) is 11.8 Å². The lowest BCUT2D eigenvalue weighted by molar-refractivity contribution is -0.139. The lowest BCUT2D eigenvalue weighted by Gasteiger charge is -2.26. The number of carboxylic acid groups (broad SMARTS) is 1. The van der Waals surface area contributed by atoms with Crippen LogP contribution >= 0.6 is 0 Å². The number of carboxylic acids is 1. The lowest BCUT2D eigenvalue weighted by atomic mass is 10.0. The van der Waals surface area contributed by atoms with Crippen LogP contribution < -0.4 is 10.6 Å². The number of hydrogen-bond acceptors (Lipinski definition) is 3. The van der Waals surface area contributed by atoms with Crippen molar-refractivity contribution in [2.75, 3.05) is 0 Å². The summed E-state index contributed by atoms with van der Waals surface area (Å²) in [6.07, 6.45) is -0.175. The zero-order valence-corrected chi connectivity index (χ0v) is 9.96. The molecule has 0 bridgehead atoms. The molecule has 16 heavy (non-hydrogen) atoms. The van der Waals surface area contributed by atoms with Gasteiger partial charge in [-0.1, -0.05) is 0 Å². The maximum Gasteiger partial charge on any atom is 0.305 e. The van der Waals surface area contributed by atoms with E-state index in [9.17, 15) is 14.4 Å².